The molecule has 0 spiro atoms. The predicted molar refractivity (Wildman–Crippen MR) is 37.5 cm³/mol. The summed E-state index contributed by atoms with van der Waals surface area (Å²) in [5.41, 5.74) is 0. The van der Waals surface area contributed by atoms with Crippen LogP contribution in [-0.2, 0) is 0 Å². The van der Waals surface area contributed by atoms with E-state index in [1.54, 1.807) is 0 Å². The van der Waals surface area contributed by atoms with Crippen LogP contribution in [0.25, 0.3) is 0 Å². The van der Waals surface area contributed by atoms with Crippen molar-refractivity contribution in [2.75, 3.05) is 0 Å². The zero-order valence-corrected chi connectivity index (χ0v) is 5.48. The molecule has 0 saturated heterocycles. The fourth-order valence-electron chi connectivity index (χ4n) is 0.512. The van der Waals surface area contributed by atoms with Gasteiger partial charge in [0.1, 0.15) is 0 Å². The number of unbranched alkanes of at least 4 members (excludes halogenated alkanes) is 2. The third kappa shape index (κ3) is 5.48. The fourth-order valence-corrected chi connectivity index (χ4v) is 0.512. The van der Waals surface area contributed by atoms with E-state index in [1.807, 2.05) is 6.92 Å². The van der Waals surface area contributed by atoms with Crippen molar-refractivity contribution in [3.8, 4) is 0 Å². The second kappa shape index (κ2) is 6.48. The summed E-state index contributed by atoms with van der Waals surface area (Å²) in [5.74, 6) is 0. The van der Waals surface area contributed by atoms with E-state index in [9.17, 15) is 0 Å². The topological polar surface area (TPSA) is 0 Å². The van der Waals surface area contributed by atoms with Crippen molar-refractivity contribution in [3.63, 3.8) is 0 Å². The second-order valence-corrected chi connectivity index (χ2v) is 1.71. The summed E-state index contributed by atoms with van der Waals surface area (Å²) in [4.78, 5) is 0. The van der Waals surface area contributed by atoms with Crippen molar-refractivity contribution in [3.05, 3.63) is 24.8 Å². The molecule has 0 bridgehead atoms. The molecule has 8 heavy (non-hydrogen) atoms. The molecule has 0 fully saturated rings. The summed E-state index contributed by atoms with van der Waals surface area (Å²) < 4.78 is 0. The zero-order chi connectivity index (χ0) is 6.24. The van der Waals surface area contributed by atoms with Gasteiger partial charge in [-0.2, -0.15) is 0 Å². The van der Waals surface area contributed by atoms with Gasteiger partial charge < -0.3 is 0 Å². The van der Waals surface area contributed by atoms with Gasteiger partial charge in [-0.25, -0.2) is 0 Å². The van der Waals surface area contributed by atoms with Gasteiger partial charge in [-0.1, -0.05) is 24.8 Å². The highest BCUT2D eigenvalue weighted by atomic mass is 13.8. The smallest absolute Gasteiger partial charge is 0.0279 e. The lowest BCUT2D eigenvalue weighted by atomic mass is 10.2. The van der Waals surface area contributed by atoms with Crippen LogP contribution in [0.2, 0.25) is 0 Å². The van der Waals surface area contributed by atoms with Gasteiger partial charge in [0, 0.05) is 0 Å². The minimum Gasteiger partial charge on any atom is -0.0956 e. The van der Waals surface area contributed by atoms with E-state index in [2.05, 4.69) is 24.8 Å². The van der Waals surface area contributed by atoms with Crippen molar-refractivity contribution in [2.45, 2.75) is 26.2 Å². The Hall–Kier alpha value is -0.520. The molecule has 45 valence electrons. The molecule has 0 aliphatic rings. The maximum Gasteiger partial charge on any atom is -0.0279 e. The van der Waals surface area contributed by atoms with Crippen LogP contribution in [0.1, 0.15) is 26.2 Å². The molecule has 0 unspecified atom stereocenters. The average molecular weight is 109 g/mol. The van der Waals surface area contributed by atoms with E-state index >= 15 is 0 Å². The summed E-state index contributed by atoms with van der Waals surface area (Å²) in [6.45, 7) is 5.55. The second-order valence-electron chi connectivity index (χ2n) is 1.71. The minimum atomic E-state index is 1.02. The van der Waals surface area contributed by atoms with Gasteiger partial charge in [0.25, 0.3) is 0 Å². The first-order chi connectivity index (χ1) is 3.91. The van der Waals surface area contributed by atoms with Crippen molar-refractivity contribution in [1.29, 1.82) is 0 Å². The molecule has 0 saturated carbocycles. The molecular weight excluding hydrogens is 96.1 g/mol. The molecule has 0 aliphatic carbocycles. The number of allylic oxidation sites excluding steroid dienone is 3. The van der Waals surface area contributed by atoms with E-state index in [4.69, 9.17) is 0 Å². The standard InChI is InChI=1S/C8H13/c1-3-5-7-8-6-4-2/h4,6H,1,5,7-8H2,2H3/b6-4+. The van der Waals surface area contributed by atoms with E-state index in [-0.39, 0.29) is 0 Å². The highest BCUT2D eigenvalue weighted by Crippen LogP contribution is 1.94. The van der Waals surface area contributed by atoms with Crippen molar-refractivity contribution >= 4 is 0 Å². The minimum absolute atomic E-state index is 1.02. The quantitative estimate of drug-likeness (QED) is 0.384. The first kappa shape index (κ1) is 7.48. The molecule has 0 atom stereocenters. The Morgan fingerprint density at radius 3 is 2.88 bits per heavy atom. The third-order valence-corrected chi connectivity index (χ3v) is 0.960. The van der Waals surface area contributed by atoms with E-state index in [0.29, 0.717) is 0 Å². The van der Waals surface area contributed by atoms with E-state index in [0.717, 1.165) is 6.42 Å². The summed E-state index contributed by atoms with van der Waals surface area (Å²) in [6.07, 6.45) is 10.5. The first-order valence-electron chi connectivity index (χ1n) is 3.03. The maximum absolute atomic E-state index is 3.51. The Bertz CT molecular complexity index is 70.1. The molecule has 0 aliphatic heterocycles. The van der Waals surface area contributed by atoms with Crippen LogP contribution in [-0.4, -0.2) is 0 Å². The van der Waals surface area contributed by atoms with Crippen LogP contribution in [0.15, 0.2) is 18.7 Å². The van der Waals surface area contributed by atoms with Gasteiger partial charge in [0.05, 0.1) is 0 Å². The molecule has 0 aromatic heterocycles. The fraction of sp³-hybridized carbons (Fsp3) is 0.500. The molecule has 0 N–H and O–H groups in total. The maximum atomic E-state index is 3.51. The Labute approximate surface area is 51.9 Å². The SMILES string of the molecule is C=[C]CCC/C=C/C. The van der Waals surface area contributed by atoms with Gasteiger partial charge >= 0.3 is 0 Å². The number of rotatable bonds is 4. The lowest BCUT2D eigenvalue weighted by molar-refractivity contribution is 0.856. The molecule has 0 aromatic rings. The van der Waals surface area contributed by atoms with Crippen LogP contribution in [0.4, 0.5) is 0 Å². The molecule has 1 radical (unpaired) electrons. The summed E-state index contributed by atoms with van der Waals surface area (Å²) in [7, 11) is 0. The first-order valence-corrected chi connectivity index (χ1v) is 3.03. The molecular formula is C8H13. The van der Waals surface area contributed by atoms with Crippen LogP contribution in [0.3, 0.4) is 0 Å². The van der Waals surface area contributed by atoms with Gasteiger partial charge in [0.2, 0.25) is 0 Å². The highest BCUT2D eigenvalue weighted by Gasteiger charge is 1.76. The van der Waals surface area contributed by atoms with Crippen LogP contribution in [0.5, 0.6) is 0 Å². The molecule has 0 heteroatoms. The largest absolute Gasteiger partial charge is 0.0956 e. The number of hydrogen-bond acceptors (Lipinski definition) is 0. The Morgan fingerprint density at radius 1 is 1.62 bits per heavy atom. The van der Waals surface area contributed by atoms with Gasteiger partial charge in [0.15, 0.2) is 0 Å². The van der Waals surface area contributed by atoms with Crippen molar-refractivity contribution in [1.82, 2.24) is 0 Å². The van der Waals surface area contributed by atoms with Gasteiger partial charge in [-0.15, -0.1) is 0 Å². The Morgan fingerprint density at radius 2 is 2.38 bits per heavy atom. The van der Waals surface area contributed by atoms with Crippen molar-refractivity contribution < 1.29 is 0 Å². The van der Waals surface area contributed by atoms with Gasteiger partial charge in [-0.05, 0) is 26.2 Å². The molecule has 0 heterocycles. The monoisotopic (exact) mass is 109 g/mol. The summed E-state index contributed by atoms with van der Waals surface area (Å²) >= 11 is 0. The van der Waals surface area contributed by atoms with E-state index < -0.39 is 0 Å². The van der Waals surface area contributed by atoms with Crippen molar-refractivity contribution in [2.24, 2.45) is 0 Å². The molecule has 0 rings (SSSR count). The molecule has 0 aromatic carbocycles. The highest BCUT2D eigenvalue weighted by molar-refractivity contribution is 4.76. The lowest BCUT2D eigenvalue weighted by Gasteiger charge is -1.85. The third-order valence-electron chi connectivity index (χ3n) is 0.960. The van der Waals surface area contributed by atoms with Gasteiger partial charge in [-0.3, -0.25) is 0 Å². The molecule has 0 nitrogen and oxygen atoms in total. The number of hydrogen-bond donors (Lipinski definition) is 0. The zero-order valence-electron chi connectivity index (χ0n) is 5.48. The van der Waals surface area contributed by atoms with E-state index in [1.165, 1.54) is 12.8 Å². The lowest BCUT2D eigenvalue weighted by Crippen LogP contribution is -1.66. The normalized spacial score (nSPS) is 10.1. The summed E-state index contributed by atoms with van der Waals surface area (Å²) in [5, 5.41) is 0. The Kier molecular flexibility index (Phi) is 6.06. The predicted octanol–water partition coefficient (Wildman–Crippen LogP) is 2.72. The molecule has 0 amide bonds. The van der Waals surface area contributed by atoms with Crippen LogP contribution >= 0.6 is 0 Å². The Balaban J connectivity index is 2.82. The van der Waals surface area contributed by atoms with Crippen LogP contribution < -0.4 is 0 Å². The summed E-state index contributed by atoms with van der Waals surface area (Å²) in [6, 6.07) is 0. The average Bonchev–Trinajstić information content (AvgIpc) is 1.81. The van der Waals surface area contributed by atoms with Crippen LogP contribution in [0, 0.1) is 6.08 Å².